The van der Waals surface area contributed by atoms with Crippen molar-refractivity contribution in [3.8, 4) is 0 Å². The first-order valence-corrected chi connectivity index (χ1v) is 7.31. The third-order valence-electron chi connectivity index (χ3n) is 3.50. The number of carboxylic acids is 1. The van der Waals surface area contributed by atoms with Gasteiger partial charge < -0.3 is 5.11 Å². The number of carboxylic acid groups (broad SMARTS) is 1. The van der Waals surface area contributed by atoms with E-state index in [1.807, 2.05) is 19.2 Å². The fraction of sp³-hybridized carbons (Fsp3) is 0.500. The number of rotatable bonds is 5. The summed E-state index contributed by atoms with van der Waals surface area (Å²) in [4.78, 5) is 12.0. The van der Waals surface area contributed by atoms with Crippen LogP contribution in [0.5, 0.6) is 0 Å². The Bertz CT molecular complexity index is 469. The molecular formula is C14H17FO2S. The van der Waals surface area contributed by atoms with Crippen LogP contribution in [0.15, 0.2) is 17.0 Å². The Labute approximate surface area is 111 Å². The topological polar surface area (TPSA) is 37.3 Å². The summed E-state index contributed by atoms with van der Waals surface area (Å²) in [6.45, 7) is 1.88. The molecule has 1 N–H and O–H groups in total. The molecule has 0 bridgehead atoms. The van der Waals surface area contributed by atoms with E-state index in [0.29, 0.717) is 11.5 Å². The number of thioether (sulfide) groups is 1. The third-order valence-corrected chi connectivity index (χ3v) is 4.38. The van der Waals surface area contributed by atoms with Crippen molar-refractivity contribution in [2.45, 2.75) is 37.0 Å². The second-order valence-corrected chi connectivity index (χ2v) is 5.73. The maximum Gasteiger partial charge on any atom is 0.303 e. The second kappa shape index (κ2) is 5.31. The summed E-state index contributed by atoms with van der Waals surface area (Å²) in [6, 6.07) is 3.36. The molecule has 1 fully saturated rings. The van der Waals surface area contributed by atoms with Gasteiger partial charge in [-0.05, 0) is 55.2 Å². The SMILES string of the molecule is CSc1cc(C(CC(=O)O)C2CC2)c(F)cc1C. The van der Waals surface area contributed by atoms with E-state index in [9.17, 15) is 9.18 Å². The number of aliphatic carboxylic acids is 1. The Balaban J connectivity index is 2.37. The Hall–Kier alpha value is -1.03. The predicted octanol–water partition coefficient (Wildman–Crippen LogP) is 3.82. The van der Waals surface area contributed by atoms with Gasteiger partial charge >= 0.3 is 5.97 Å². The standard InChI is InChI=1S/C14H17FO2S/c1-8-5-12(15)11(6-13(8)18-2)10(7-14(16)17)9-3-4-9/h5-6,9-10H,3-4,7H2,1-2H3,(H,16,17). The van der Waals surface area contributed by atoms with Gasteiger partial charge in [-0.15, -0.1) is 11.8 Å². The van der Waals surface area contributed by atoms with Gasteiger partial charge in [0.25, 0.3) is 0 Å². The molecular weight excluding hydrogens is 251 g/mol. The Morgan fingerprint density at radius 2 is 2.22 bits per heavy atom. The van der Waals surface area contributed by atoms with Gasteiger partial charge in [0, 0.05) is 10.8 Å². The number of hydrogen-bond acceptors (Lipinski definition) is 2. The summed E-state index contributed by atoms with van der Waals surface area (Å²) in [7, 11) is 0. The van der Waals surface area contributed by atoms with E-state index in [1.54, 1.807) is 11.8 Å². The Morgan fingerprint density at radius 3 is 2.72 bits per heavy atom. The molecule has 4 heteroatoms. The molecule has 0 aromatic heterocycles. The minimum Gasteiger partial charge on any atom is -0.481 e. The summed E-state index contributed by atoms with van der Waals surface area (Å²) >= 11 is 1.57. The number of carbonyl (C=O) groups is 1. The molecule has 18 heavy (non-hydrogen) atoms. The highest BCUT2D eigenvalue weighted by Gasteiger charge is 2.35. The van der Waals surface area contributed by atoms with Gasteiger partial charge in [-0.2, -0.15) is 0 Å². The maximum absolute atomic E-state index is 14.1. The summed E-state index contributed by atoms with van der Waals surface area (Å²) in [5.74, 6) is -0.942. The molecule has 0 amide bonds. The third kappa shape index (κ3) is 2.86. The van der Waals surface area contributed by atoms with Crippen molar-refractivity contribution in [3.05, 3.63) is 29.1 Å². The molecule has 2 rings (SSSR count). The van der Waals surface area contributed by atoms with Crippen LogP contribution >= 0.6 is 11.8 Å². The van der Waals surface area contributed by atoms with Crippen molar-refractivity contribution in [1.29, 1.82) is 0 Å². The number of halogens is 1. The maximum atomic E-state index is 14.1. The normalized spacial score (nSPS) is 16.6. The van der Waals surface area contributed by atoms with Crippen LogP contribution in [0.2, 0.25) is 0 Å². The highest BCUT2D eigenvalue weighted by molar-refractivity contribution is 7.98. The molecule has 0 saturated heterocycles. The van der Waals surface area contributed by atoms with Gasteiger partial charge in [0.05, 0.1) is 6.42 Å². The summed E-state index contributed by atoms with van der Waals surface area (Å²) in [5.41, 5.74) is 1.49. The first kappa shape index (κ1) is 13.4. The van der Waals surface area contributed by atoms with Gasteiger partial charge in [-0.3, -0.25) is 4.79 Å². The van der Waals surface area contributed by atoms with E-state index in [2.05, 4.69) is 0 Å². The van der Waals surface area contributed by atoms with Crippen LogP contribution in [0.25, 0.3) is 0 Å². The van der Waals surface area contributed by atoms with Crippen molar-refractivity contribution in [2.24, 2.45) is 5.92 Å². The molecule has 0 heterocycles. The predicted molar refractivity (Wildman–Crippen MR) is 70.6 cm³/mol. The fourth-order valence-corrected chi connectivity index (χ4v) is 3.02. The highest BCUT2D eigenvalue weighted by Crippen LogP contribution is 2.46. The zero-order chi connectivity index (χ0) is 13.3. The highest BCUT2D eigenvalue weighted by atomic mass is 32.2. The van der Waals surface area contributed by atoms with Crippen LogP contribution in [0, 0.1) is 18.7 Å². The molecule has 0 spiro atoms. The lowest BCUT2D eigenvalue weighted by atomic mass is 9.90. The van der Waals surface area contributed by atoms with Crippen molar-refractivity contribution in [1.82, 2.24) is 0 Å². The fourth-order valence-electron chi connectivity index (χ4n) is 2.39. The zero-order valence-corrected chi connectivity index (χ0v) is 11.4. The number of aryl methyl sites for hydroxylation is 1. The smallest absolute Gasteiger partial charge is 0.303 e. The largest absolute Gasteiger partial charge is 0.481 e. The molecule has 1 aromatic carbocycles. The van der Waals surface area contributed by atoms with E-state index in [-0.39, 0.29) is 18.2 Å². The van der Waals surface area contributed by atoms with Crippen LogP contribution in [0.1, 0.15) is 36.3 Å². The van der Waals surface area contributed by atoms with E-state index in [4.69, 9.17) is 5.11 Å². The zero-order valence-electron chi connectivity index (χ0n) is 10.6. The average molecular weight is 268 g/mol. The van der Waals surface area contributed by atoms with E-state index in [0.717, 1.165) is 23.3 Å². The molecule has 0 radical (unpaired) electrons. The number of hydrogen-bond donors (Lipinski definition) is 1. The lowest BCUT2D eigenvalue weighted by molar-refractivity contribution is -0.137. The minimum absolute atomic E-state index is 0.0263. The van der Waals surface area contributed by atoms with E-state index < -0.39 is 5.97 Å². The van der Waals surface area contributed by atoms with E-state index >= 15 is 0 Å². The molecule has 0 aliphatic heterocycles. The minimum atomic E-state index is -0.849. The molecule has 1 saturated carbocycles. The van der Waals surface area contributed by atoms with Crippen molar-refractivity contribution in [2.75, 3.05) is 6.26 Å². The Kier molecular flexibility index (Phi) is 3.95. The van der Waals surface area contributed by atoms with Gasteiger partial charge in [0.15, 0.2) is 0 Å². The lowest BCUT2D eigenvalue weighted by Gasteiger charge is -2.17. The summed E-state index contributed by atoms with van der Waals surface area (Å²) in [5, 5.41) is 8.97. The molecule has 1 atom stereocenters. The molecule has 1 aromatic rings. The van der Waals surface area contributed by atoms with Gasteiger partial charge in [0.1, 0.15) is 5.82 Å². The first-order chi connectivity index (χ1) is 8.52. The second-order valence-electron chi connectivity index (χ2n) is 4.89. The summed E-state index contributed by atoms with van der Waals surface area (Å²) in [6.07, 6.45) is 4.01. The van der Waals surface area contributed by atoms with Crippen LogP contribution in [-0.2, 0) is 4.79 Å². The number of benzene rings is 1. The van der Waals surface area contributed by atoms with Gasteiger partial charge in [-0.25, -0.2) is 4.39 Å². The van der Waals surface area contributed by atoms with Crippen LogP contribution < -0.4 is 0 Å². The van der Waals surface area contributed by atoms with Crippen LogP contribution in [0.4, 0.5) is 4.39 Å². The van der Waals surface area contributed by atoms with Crippen LogP contribution in [-0.4, -0.2) is 17.3 Å². The van der Waals surface area contributed by atoms with Crippen molar-refractivity contribution < 1.29 is 14.3 Å². The molecule has 2 nitrogen and oxygen atoms in total. The van der Waals surface area contributed by atoms with Crippen LogP contribution in [0.3, 0.4) is 0 Å². The monoisotopic (exact) mass is 268 g/mol. The van der Waals surface area contributed by atoms with Gasteiger partial charge in [-0.1, -0.05) is 0 Å². The molecule has 1 unspecified atom stereocenters. The van der Waals surface area contributed by atoms with Crippen molar-refractivity contribution in [3.63, 3.8) is 0 Å². The molecule has 1 aliphatic carbocycles. The summed E-state index contributed by atoms with van der Waals surface area (Å²) < 4.78 is 14.1. The lowest BCUT2D eigenvalue weighted by Crippen LogP contribution is -2.10. The Morgan fingerprint density at radius 1 is 1.56 bits per heavy atom. The average Bonchev–Trinajstić information content (AvgIpc) is 3.10. The molecule has 1 aliphatic rings. The van der Waals surface area contributed by atoms with Crippen molar-refractivity contribution >= 4 is 17.7 Å². The van der Waals surface area contributed by atoms with Gasteiger partial charge in [0.2, 0.25) is 0 Å². The first-order valence-electron chi connectivity index (χ1n) is 6.08. The molecule has 98 valence electrons. The van der Waals surface area contributed by atoms with E-state index in [1.165, 1.54) is 6.07 Å². The quantitative estimate of drug-likeness (QED) is 0.825.